The Balaban J connectivity index is 2.34. The fourth-order valence-corrected chi connectivity index (χ4v) is 3.82. The van der Waals surface area contributed by atoms with Gasteiger partial charge in [-0.05, 0) is 57.7 Å². The maximum atomic E-state index is 13.4. The Hall–Kier alpha value is -1.91. The molecule has 0 saturated heterocycles. The van der Waals surface area contributed by atoms with E-state index in [9.17, 15) is 14.0 Å². The number of amides is 1. The van der Waals surface area contributed by atoms with Crippen molar-refractivity contribution in [3.63, 3.8) is 0 Å². The van der Waals surface area contributed by atoms with Crippen LogP contribution in [0.1, 0.15) is 71.8 Å². The standard InChI is InChI=1S/C21H30FNO3/c1-5-6-18(23-19(25)26-20(2,3)4)21(13-11-17(24)12-14-21)15-7-9-16(22)10-8-15/h7-10,18H,5-6,11-14H2,1-4H3,(H,23,25). The lowest BCUT2D eigenvalue weighted by molar-refractivity contribution is -0.121. The van der Waals surface area contributed by atoms with Crippen LogP contribution in [0.25, 0.3) is 0 Å². The van der Waals surface area contributed by atoms with Gasteiger partial charge >= 0.3 is 6.09 Å². The second-order valence-corrected chi connectivity index (χ2v) is 8.19. The summed E-state index contributed by atoms with van der Waals surface area (Å²) in [5.74, 6) is -0.0433. The first-order valence-corrected chi connectivity index (χ1v) is 9.43. The monoisotopic (exact) mass is 363 g/mol. The Labute approximate surface area is 155 Å². The Bertz CT molecular complexity index is 624. The summed E-state index contributed by atoms with van der Waals surface area (Å²) in [6, 6.07) is 6.30. The zero-order chi connectivity index (χ0) is 19.4. The average molecular weight is 363 g/mol. The van der Waals surface area contributed by atoms with E-state index < -0.39 is 11.7 Å². The van der Waals surface area contributed by atoms with E-state index in [0.717, 1.165) is 18.4 Å². The van der Waals surface area contributed by atoms with E-state index in [0.29, 0.717) is 25.7 Å². The van der Waals surface area contributed by atoms with Crippen molar-refractivity contribution in [3.8, 4) is 0 Å². The molecule has 0 heterocycles. The highest BCUT2D eigenvalue weighted by atomic mass is 19.1. The van der Waals surface area contributed by atoms with Gasteiger partial charge in [-0.2, -0.15) is 0 Å². The molecule has 1 saturated carbocycles. The van der Waals surface area contributed by atoms with E-state index in [2.05, 4.69) is 12.2 Å². The van der Waals surface area contributed by atoms with Crippen molar-refractivity contribution in [1.29, 1.82) is 0 Å². The van der Waals surface area contributed by atoms with Crippen LogP contribution < -0.4 is 5.32 Å². The normalized spacial score (nSPS) is 18.3. The van der Waals surface area contributed by atoms with Crippen molar-refractivity contribution < 1.29 is 18.7 Å². The van der Waals surface area contributed by atoms with Crippen LogP contribution >= 0.6 is 0 Å². The van der Waals surface area contributed by atoms with E-state index in [4.69, 9.17) is 4.74 Å². The van der Waals surface area contributed by atoms with E-state index >= 15 is 0 Å². The predicted molar refractivity (Wildman–Crippen MR) is 99.6 cm³/mol. The number of ether oxygens (including phenoxy) is 1. The van der Waals surface area contributed by atoms with E-state index in [1.807, 2.05) is 20.8 Å². The van der Waals surface area contributed by atoms with Gasteiger partial charge in [0.1, 0.15) is 17.2 Å². The lowest BCUT2D eigenvalue weighted by atomic mass is 9.63. The fourth-order valence-electron chi connectivity index (χ4n) is 3.82. The third kappa shape index (κ3) is 5.05. The van der Waals surface area contributed by atoms with Crippen molar-refractivity contribution in [1.82, 2.24) is 5.32 Å². The van der Waals surface area contributed by atoms with Crippen LogP contribution in [0.2, 0.25) is 0 Å². The molecule has 0 bridgehead atoms. The SMILES string of the molecule is CCCC(NC(=O)OC(C)(C)C)C1(c2ccc(F)cc2)CCC(=O)CC1. The molecule has 0 aliphatic heterocycles. The Kier molecular flexibility index (Phi) is 6.43. The summed E-state index contributed by atoms with van der Waals surface area (Å²) < 4.78 is 18.9. The Morgan fingerprint density at radius 2 is 1.81 bits per heavy atom. The van der Waals surface area contributed by atoms with Gasteiger partial charge in [0.15, 0.2) is 0 Å². The molecule has 1 fully saturated rings. The molecule has 1 aliphatic rings. The maximum absolute atomic E-state index is 13.4. The van der Waals surface area contributed by atoms with Gasteiger partial charge in [-0.3, -0.25) is 4.79 Å². The number of carbonyl (C=O) groups is 2. The van der Waals surface area contributed by atoms with Crippen molar-refractivity contribution in [2.45, 2.75) is 83.3 Å². The molecule has 1 unspecified atom stereocenters. The number of benzene rings is 1. The van der Waals surface area contributed by atoms with Gasteiger partial charge < -0.3 is 10.1 Å². The second kappa shape index (κ2) is 8.19. The molecule has 1 aliphatic carbocycles. The quantitative estimate of drug-likeness (QED) is 0.809. The minimum Gasteiger partial charge on any atom is -0.444 e. The van der Waals surface area contributed by atoms with Crippen LogP contribution in [0, 0.1) is 5.82 Å². The molecular weight excluding hydrogens is 333 g/mol. The molecule has 26 heavy (non-hydrogen) atoms. The van der Waals surface area contributed by atoms with Crippen LogP contribution in [-0.2, 0) is 14.9 Å². The number of halogens is 1. The minimum atomic E-state index is -0.577. The van der Waals surface area contributed by atoms with Crippen LogP contribution in [0.5, 0.6) is 0 Å². The average Bonchev–Trinajstić information content (AvgIpc) is 2.55. The molecular formula is C21H30FNO3. The third-order valence-electron chi connectivity index (χ3n) is 5.05. The summed E-state index contributed by atoms with van der Waals surface area (Å²) in [6.07, 6.45) is 3.47. The number of Topliss-reactive ketones (excluding diaryl/α,β-unsaturated/α-hetero) is 1. The number of rotatable bonds is 5. The van der Waals surface area contributed by atoms with Crippen LogP contribution in [-0.4, -0.2) is 23.5 Å². The van der Waals surface area contributed by atoms with Crippen LogP contribution in [0.3, 0.4) is 0 Å². The van der Waals surface area contributed by atoms with Gasteiger partial charge in [0, 0.05) is 24.3 Å². The summed E-state index contributed by atoms with van der Waals surface area (Å²) in [6.45, 7) is 7.55. The first-order chi connectivity index (χ1) is 12.2. The fraction of sp³-hybridized carbons (Fsp3) is 0.619. The van der Waals surface area contributed by atoms with Crippen molar-refractivity contribution in [3.05, 3.63) is 35.6 Å². The highest BCUT2D eigenvalue weighted by molar-refractivity contribution is 5.80. The molecule has 1 amide bonds. The lowest BCUT2D eigenvalue weighted by Crippen LogP contribution is -2.53. The van der Waals surface area contributed by atoms with Gasteiger partial charge in [0.2, 0.25) is 0 Å². The highest BCUT2D eigenvalue weighted by Gasteiger charge is 2.43. The summed E-state index contributed by atoms with van der Waals surface area (Å²) in [5.41, 5.74) is 0.0157. The summed E-state index contributed by atoms with van der Waals surface area (Å²) in [7, 11) is 0. The van der Waals surface area contributed by atoms with Gasteiger partial charge in [-0.25, -0.2) is 9.18 Å². The van der Waals surface area contributed by atoms with Gasteiger partial charge in [-0.1, -0.05) is 25.5 Å². The topological polar surface area (TPSA) is 55.4 Å². The third-order valence-corrected chi connectivity index (χ3v) is 5.05. The summed E-state index contributed by atoms with van der Waals surface area (Å²) in [5, 5.41) is 3.05. The molecule has 1 aromatic carbocycles. The van der Waals surface area contributed by atoms with Crippen LogP contribution in [0.4, 0.5) is 9.18 Å². The molecule has 1 atom stereocenters. The molecule has 144 valence electrons. The van der Waals surface area contributed by atoms with Gasteiger partial charge in [-0.15, -0.1) is 0 Å². The zero-order valence-corrected chi connectivity index (χ0v) is 16.2. The number of ketones is 1. The van der Waals surface area contributed by atoms with Gasteiger partial charge in [0.25, 0.3) is 0 Å². The maximum Gasteiger partial charge on any atom is 0.407 e. The highest BCUT2D eigenvalue weighted by Crippen LogP contribution is 2.42. The molecule has 4 nitrogen and oxygen atoms in total. The van der Waals surface area contributed by atoms with Crippen LogP contribution in [0.15, 0.2) is 24.3 Å². The number of hydrogen-bond donors (Lipinski definition) is 1. The van der Waals surface area contributed by atoms with Crippen molar-refractivity contribution in [2.24, 2.45) is 0 Å². The Morgan fingerprint density at radius 1 is 1.23 bits per heavy atom. The number of hydrogen-bond acceptors (Lipinski definition) is 3. The number of alkyl carbamates (subject to hydrolysis) is 1. The van der Waals surface area contributed by atoms with E-state index in [1.165, 1.54) is 12.1 Å². The molecule has 1 N–H and O–H groups in total. The molecule has 0 spiro atoms. The zero-order valence-electron chi connectivity index (χ0n) is 16.2. The summed E-state index contributed by atoms with van der Waals surface area (Å²) >= 11 is 0. The Morgan fingerprint density at radius 3 is 2.31 bits per heavy atom. The first kappa shape index (κ1) is 20.4. The summed E-state index contributed by atoms with van der Waals surface area (Å²) in [4.78, 5) is 24.3. The number of carbonyl (C=O) groups excluding carboxylic acids is 2. The first-order valence-electron chi connectivity index (χ1n) is 9.43. The van der Waals surface area contributed by atoms with Crippen molar-refractivity contribution >= 4 is 11.9 Å². The van der Waals surface area contributed by atoms with E-state index in [1.54, 1.807) is 12.1 Å². The number of nitrogens with one attached hydrogen (secondary N) is 1. The van der Waals surface area contributed by atoms with Gasteiger partial charge in [0.05, 0.1) is 0 Å². The minimum absolute atomic E-state index is 0.166. The molecule has 0 radical (unpaired) electrons. The molecule has 5 heteroatoms. The predicted octanol–water partition coefficient (Wildman–Crippen LogP) is 4.90. The lowest BCUT2D eigenvalue weighted by Gasteiger charge is -2.44. The molecule has 1 aromatic rings. The largest absolute Gasteiger partial charge is 0.444 e. The smallest absolute Gasteiger partial charge is 0.407 e. The molecule has 0 aromatic heterocycles. The molecule has 2 rings (SSSR count). The van der Waals surface area contributed by atoms with E-state index in [-0.39, 0.29) is 23.1 Å². The second-order valence-electron chi connectivity index (χ2n) is 8.19. The van der Waals surface area contributed by atoms with Crippen molar-refractivity contribution in [2.75, 3.05) is 0 Å².